The standard InChI is InChI=1S/C15H19ClN2S/c1-4-17-13(8-14-18-11(3)9-19-14)12-7-5-6-10(2)15(12)16/h5-7,9,13,17H,4,8H2,1-3H3. The molecule has 1 unspecified atom stereocenters. The maximum absolute atomic E-state index is 6.44. The van der Waals surface area contributed by atoms with Crippen LogP contribution in [0.5, 0.6) is 0 Å². The molecule has 0 fully saturated rings. The number of aryl methyl sites for hydroxylation is 2. The van der Waals surface area contributed by atoms with Crippen LogP contribution in [0.25, 0.3) is 0 Å². The summed E-state index contributed by atoms with van der Waals surface area (Å²) >= 11 is 8.15. The van der Waals surface area contributed by atoms with Crippen LogP contribution in [0.4, 0.5) is 0 Å². The Morgan fingerprint density at radius 2 is 2.16 bits per heavy atom. The Balaban J connectivity index is 2.26. The smallest absolute Gasteiger partial charge is 0.0947 e. The van der Waals surface area contributed by atoms with Crippen LogP contribution in [-0.4, -0.2) is 11.5 Å². The van der Waals surface area contributed by atoms with E-state index in [9.17, 15) is 0 Å². The van der Waals surface area contributed by atoms with Crippen LogP contribution in [0.2, 0.25) is 5.02 Å². The third kappa shape index (κ3) is 3.56. The molecule has 0 aliphatic heterocycles. The van der Waals surface area contributed by atoms with Crippen molar-refractivity contribution in [1.82, 2.24) is 10.3 Å². The molecule has 2 rings (SSSR count). The first-order valence-electron chi connectivity index (χ1n) is 6.51. The summed E-state index contributed by atoms with van der Waals surface area (Å²) in [7, 11) is 0. The van der Waals surface area contributed by atoms with Gasteiger partial charge in [0.2, 0.25) is 0 Å². The second kappa shape index (κ2) is 6.51. The highest BCUT2D eigenvalue weighted by atomic mass is 35.5. The van der Waals surface area contributed by atoms with E-state index in [2.05, 4.69) is 34.7 Å². The molecule has 1 atom stereocenters. The van der Waals surface area contributed by atoms with Crippen molar-refractivity contribution in [2.75, 3.05) is 6.54 Å². The maximum atomic E-state index is 6.44. The van der Waals surface area contributed by atoms with E-state index in [-0.39, 0.29) is 6.04 Å². The molecule has 0 aliphatic rings. The normalized spacial score (nSPS) is 12.6. The average molecular weight is 295 g/mol. The van der Waals surface area contributed by atoms with Crippen molar-refractivity contribution >= 4 is 22.9 Å². The number of likely N-dealkylation sites (N-methyl/N-ethyl adjacent to an activating group) is 1. The summed E-state index contributed by atoms with van der Waals surface area (Å²) in [4.78, 5) is 4.55. The van der Waals surface area contributed by atoms with Gasteiger partial charge in [0.05, 0.1) is 5.01 Å². The fourth-order valence-corrected chi connectivity index (χ4v) is 3.23. The third-order valence-electron chi connectivity index (χ3n) is 3.09. The number of hydrogen-bond donors (Lipinski definition) is 1. The molecule has 0 radical (unpaired) electrons. The molecular formula is C15H19ClN2S. The van der Waals surface area contributed by atoms with Crippen molar-refractivity contribution in [2.45, 2.75) is 33.2 Å². The first-order chi connectivity index (χ1) is 9.11. The molecule has 19 heavy (non-hydrogen) atoms. The summed E-state index contributed by atoms with van der Waals surface area (Å²) in [5.74, 6) is 0. The minimum absolute atomic E-state index is 0.225. The van der Waals surface area contributed by atoms with E-state index < -0.39 is 0 Å². The molecule has 1 N–H and O–H groups in total. The zero-order chi connectivity index (χ0) is 13.8. The van der Waals surface area contributed by atoms with Crippen LogP contribution in [-0.2, 0) is 6.42 Å². The zero-order valence-corrected chi connectivity index (χ0v) is 13.1. The van der Waals surface area contributed by atoms with E-state index in [1.807, 2.05) is 19.9 Å². The molecule has 0 saturated carbocycles. The summed E-state index contributed by atoms with van der Waals surface area (Å²) in [5, 5.41) is 7.62. The predicted octanol–water partition coefficient (Wildman–Crippen LogP) is 4.31. The van der Waals surface area contributed by atoms with Crippen LogP contribution in [0.15, 0.2) is 23.6 Å². The summed E-state index contributed by atoms with van der Waals surface area (Å²) < 4.78 is 0. The number of hydrogen-bond acceptors (Lipinski definition) is 3. The Hall–Kier alpha value is -0.900. The zero-order valence-electron chi connectivity index (χ0n) is 11.5. The van der Waals surface area contributed by atoms with Gasteiger partial charge in [-0.05, 0) is 31.5 Å². The lowest BCUT2D eigenvalue weighted by Crippen LogP contribution is -2.23. The van der Waals surface area contributed by atoms with E-state index in [0.29, 0.717) is 0 Å². The van der Waals surface area contributed by atoms with Crippen molar-refractivity contribution in [3.8, 4) is 0 Å². The van der Waals surface area contributed by atoms with E-state index in [4.69, 9.17) is 11.6 Å². The third-order valence-corrected chi connectivity index (χ3v) is 4.60. The lowest BCUT2D eigenvalue weighted by Gasteiger charge is -2.19. The molecule has 1 aromatic heterocycles. The summed E-state index contributed by atoms with van der Waals surface area (Å²) in [6, 6.07) is 6.43. The highest BCUT2D eigenvalue weighted by molar-refractivity contribution is 7.09. The predicted molar refractivity (Wildman–Crippen MR) is 83.2 cm³/mol. The molecule has 2 nitrogen and oxygen atoms in total. The molecule has 0 spiro atoms. The number of nitrogens with zero attached hydrogens (tertiary/aromatic N) is 1. The molecule has 0 bridgehead atoms. The van der Waals surface area contributed by atoms with Gasteiger partial charge in [0.25, 0.3) is 0 Å². The fraction of sp³-hybridized carbons (Fsp3) is 0.400. The van der Waals surface area contributed by atoms with Crippen LogP contribution in [0, 0.1) is 13.8 Å². The molecule has 102 valence electrons. The van der Waals surface area contributed by atoms with E-state index in [1.165, 1.54) is 0 Å². The summed E-state index contributed by atoms with van der Waals surface area (Å²) in [6.07, 6.45) is 0.884. The van der Waals surface area contributed by atoms with Gasteiger partial charge in [0.1, 0.15) is 0 Å². The fourth-order valence-electron chi connectivity index (χ4n) is 2.15. The van der Waals surface area contributed by atoms with Gasteiger partial charge in [-0.1, -0.05) is 36.7 Å². The van der Waals surface area contributed by atoms with Gasteiger partial charge in [-0.3, -0.25) is 0 Å². The second-order valence-electron chi connectivity index (χ2n) is 4.68. The molecule has 0 saturated heterocycles. The lowest BCUT2D eigenvalue weighted by atomic mass is 10.0. The van der Waals surface area contributed by atoms with Gasteiger partial charge in [-0.2, -0.15) is 0 Å². The number of halogens is 1. The highest BCUT2D eigenvalue weighted by Gasteiger charge is 2.16. The van der Waals surface area contributed by atoms with E-state index in [1.54, 1.807) is 11.3 Å². The maximum Gasteiger partial charge on any atom is 0.0947 e. The molecule has 2 aromatic rings. The van der Waals surface area contributed by atoms with E-state index >= 15 is 0 Å². The van der Waals surface area contributed by atoms with Crippen molar-refractivity contribution < 1.29 is 0 Å². The average Bonchev–Trinajstić information content (AvgIpc) is 2.78. The minimum atomic E-state index is 0.225. The Morgan fingerprint density at radius 1 is 1.37 bits per heavy atom. The Morgan fingerprint density at radius 3 is 2.79 bits per heavy atom. The van der Waals surface area contributed by atoms with Gasteiger partial charge >= 0.3 is 0 Å². The Labute approximate surface area is 123 Å². The topological polar surface area (TPSA) is 24.9 Å². The molecule has 4 heteroatoms. The Bertz CT molecular complexity index is 551. The van der Waals surface area contributed by atoms with Crippen molar-refractivity contribution in [2.24, 2.45) is 0 Å². The first kappa shape index (κ1) is 14.5. The molecule has 1 aromatic carbocycles. The molecule has 0 amide bonds. The van der Waals surface area contributed by atoms with E-state index in [0.717, 1.165) is 39.8 Å². The molecule has 0 aliphatic carbocycles. The number of benzene rings is 1. The van der Waals surface area contributed by atoms with Crippen LogP contribution in [0.3, 0.4) is 0 Å². The van der Waals surface area contributed by atoms with Crippen LogP contribution < -0.4 is 5.32 Å². The quantitative estimate of drug-likeness (QED) is 0.889. The monoisotopic (exact) mass is 294 g/mol. The molecule has 1 heterocycles. The van der Waals surface area contributed by atoms with Gasteiger partial charge in [0.15, 0.2) is 0 Å². The number of rotatable bonds is 5. The van der Waals surface area contributed by atoms with Crippen LogP contribution in [0.1, 0.15) is 34.8 Å². The van der Waals surface area contributed by atoms with Crippen molar-refractivity contribution in [3.63, 3.8) is 0 Å². The van der Waals surface area contributed by atoms with Crippen molar-refractivity contribution in [3.05, 3.63) is 50.4 Å². The number of thiazole rings is 1. The van der Waals surface area contributed by atoms with Gasteiger partial charge in [-0.25, -0.2) is 4.98 Å². The number of nitrogens with one attached hydrogen (secondary N) is 1. The van der Waals surface area contributed by atoms with Crippen molar-refractivity contribution in [1.29, 1.82) is 0 Å². The first-order valence-corrected chi connectivity index (χ1v) is 7.77. The largest absolute Gasteiger partial charge is 0.310 e. The molecular weight excluding hydrogens is 276 g/mol. The summed E-state index contributed by atoms with van der Waals surface area (Å²) in [5.41, 5.74) is 3.37. The Kier molecular flexibility index (Phi) is 4.97. The highest BCUT2D eigenvalue weighted by Crippen LogP contribution is 2.29. The minimum Gasteiger partial charge on any atom is -0.310 e. The SMILES string of the molecule is CCNC(Cc1nc(C)cs1)c1cccc(C)c1Cl. The van der Waals surface area contributed by atoms with Gasteiger partial charge < -0.3 is 5.32 Å². The summed E-state index contributed by atoms with van der Waals surface area (Å²) in [6.45, 7) is 7.10. The second-order valence-corrected chi connectivity index (χ2v) is 6.00. The number of aromatic nitrogens is 1. The lowest BCUT2D eigenvalue weighted by molar-refractivity contribution is 0.548. The van der Waals surface area contributed by atoms with Gasteiger partial charge in [-0.15, -0.1) is 11.3 Å². The van der Waals surface area contributed by atoms with Crippen LogP contribution >= 0.6 is 22.9 Å². The van der Waals surface area contributed by atoms with Gasteiger partial charge in [0, 0.05) is 28.6 Å².